The third-order valence-corrected chi connectivity index (χ3v) is 4.18. The van der Waals surface area contributed by atoms with Gasteiger partial charge in [0.25, 0.3) is 0 Å². The van der Waals surface area contributed by atoms with E-state index in [-0.39, 0.29) is 6.10 Å². The van der Waals surface area contributed by atoms with Gasteiger partial charge in [-0.1, -0.05) is 6.92 Å². The maximum absolute atomic E-state index is 10.2. The second kappa shape index (κ2) is 4.38. The summed E-state index contributed by atoms with van der Waals surface area (Å²) in [6, 6.07) is 0.309. The van der Waals surface area contributed by atoms with Crippen LogP contribution in [-0.4, -0.2) is 43.5 Å². The van der Waals surface area contributed by atoms with Crippen molar-refractivity contribution in [3.05, 3.63) is 12.2 Å². The van der Waals surface area contributed by atoms with Gasteiger partial charge < -0.3 is 9.67 Å². The number of fused-ring (bicyclic) bond motifs is 1. The molecule has 3 unspecified atom stereocenters. The van der Waals surface area contributed by atoms with Crippen molar-refractivity contribution in [1.29, 1.82) is 0 Å². The Labute approximate surface area is 101 Å². The van der Waals surface area contributed by atoms with E-state index in [1.165, 1.54) is 0 Å². The summed E-state index contributed by atoms with van der Waals surface area (Å²) >= 11 is 0. The predicted molar refractivity (Wildman–Crippen MR) is 63.2 cm³/mol. The van der Waals surface area contributed by atoms with E-state index >= 15 is 0 Å². The number of nitrogens with zero attached hydrogens (tertiary/aromatic N) is 4. The molecule has 0 bridgehead atoms. The molecule has 1 saturated carbocycles. The van der Waals surface area contributed by atoms with Gasteiger partial charge >= 0.3 is 0 Å². The van der Waals surface area contributed by atoms with Gasteiger partial charge in [0.15, 0.2) is 0 Å². The van der Waals surface area contributed by atoms with Gasteiger partial charge in [-0.15, -0.1) is 10.2 Å². The quantitative estimate of drug-likeness (QED) is 0.777. The number of hydrogen-bond donors (Lipinski definition) is 1. The molecular formula is C12H20N4O. The van der Waals surface area contributed by atoms with Gasteiger partial charge in [0, 0.05) is 19.1 Å². The lowest BCUT2D eigenvalue weighted by molar-refractivity contribution is -0.00657. The third-order valence-electron chi connectivity index (χ3n) is 4.18. The standard InChI is InChI=1S/C12H20N4O/c1-9-2-3-11(17)10(6-9)15-4-5-16-8-13-14-12(16)7-15/h8-11,17H,2-7H2,1H3. The maximum Gasteiger partial charge on any atom is 0.147 e. The molecule has 1 fully saturated rings. The topological polar surface area (TPSA) is 54.2 Å². The molecule has 1 aromatic heterocycles. The number of rotatable bonds is 1. The third kappa shape index (κ3) is 2.09. The van der Waals surface area contributed by atoms with E-state index in [2.05, 4.69) is 26.6 Å². The molecule has 0 spiro atoms. The Morgan fingerprint density at radius 2 is 2.24 bits per heavy atom. The highest BCUT2D eigenvalue weighted by atomic mass is 16.3. The van der Waals surface area contributed by atoms with E-state index in [1.807, 2.05) is 0 Å². The summed E-state index contributed by atoms with van der Waals surface area (Å²) < 4.78 is 2.11. The summed E-state index contributed by atoms with van der Waals surface area (Å²) in [4.78, 5) is 2.38. The van der Waals surface area contributed by atoms with Crippen LogP contribution in [0.1, 0.15) is 32.0 Å². The van der Waals surface area contributed by atoms with Gasteiger partial charge in [-0.25, -0.2) is 0 Å². The summed E-state index contributed by atoms with van der Waals surface area (Å²) in [5.41, 5.74) is 0. The number of aliphatic hydroxyl groups is 1. The van der Waals surface area contributed by atoms with E-state index in [9.17, 15) is 5.11 Å². The highest BCUT2D eigenvalue weighted by Crippen LogP contribution is 2.29. The Hall–Kier alpha value is -0.940. The Balaban J connectivity index is 1.73. The zero-order valence-electron chi connectivity index (χ0n) is 10.3. The van der Waals surface area contributed by atoms with Crippen molar-refractivity contribution in [2.75, 3.05) is 6.54 Å². The summed E-state index contributed by atoms with van der Waals surface area (Å²) in [6.07, 6.45) is 4.83. The van der Waals surface area contributed by atoms with Gasteiger partial charge in [0.1, 0.15) is 12.2 Å². The zero-order chi connectivity index (χ0) is 11.8. The molecule has 3 atom stereocenters. The second-order valence-corrected chi connectivity index (χ2v) is 5.46. The molecule has 1 aromatic rings. The van der Waals surface area contributed by atoms with Crippen LogP contribution < -0.4 is 0 Å². The fourth-order valence-corrected chi connectivity index (χ4v) is 3.10. The van der Waals surface area contributed by atoms with Crippen LogP contribution in [0.3, 0.4) is 0 Å². The minimum Gasteiger partial charge on any atom is -0.391 e. The minimum absolute atomic E-state index is 0.166. The number of aliphatic hydroxyl groups excluding tert-OH is 1. The van der Waals surface area contributed by atoms with E-state index in [0.717, 1.165) is 50.6 Å². The highest BCUT2D eigenvalue weighted by Gasteiger charge is 2.33. The van der Waals surface area contributed by atoms with Gasteiger partial charge in [-0.2, -0.15) is 0 Å². The van der Waals surface area contributed by atoms with Crippen molar-refractivity contribution in [2.24, 2.45) is 5.92 Å². The second-order valence-electron chi connectivity index (χ2n) is 5.46. The molecule has 1 aliphatic carbocycles. The molecule has 17 heavy (non-hydrogen) atoms. The van der Waals surface area contributed by atoms with Gasteiger partial charge in [0.05, 0.1) is 12.6 Å². The van der Waals surface area contributed by atoms with E-state index < -0.39 is 0 Å². The minimum atomic E-state index is -0.166. The van der Waals surface area contributed by atoms with Crippen LogP contribution >= 0.6 is 0 Å². The fraction of sp³-hybridized carbons (Fsp3) is 0.833. The summed E-state index contributed by atoms with van der Waals surface area (Å²) in [5.74, 6) is 1.75. The average Bonchev–Trinajstić information content (AvgIpc) is 2.79. The molecule has 5 nitrogen and oxygen atoms in total. The fourth-order valence-electron chi connectivity index (χ4n) is 3.10. The molecule has 2 heterocycles. The monoisotopic (exact) mass is 236 g/mol. The Morgan fingerprint density at radius 1 is 1.35 bits per heavy atom. The van der Waals surface area contributed by atoms with Crippen LogP contribution in [0.4, 0.5) is 0 Å². The molecule has 1 aliphatic heterocycles. The Morgan fingerprint density at radius 3 is 3.12 bits per heavy atom. The Bertz CT molecular complexity index is 392. The molecule has 0 amide bonds. The molecule has 2 aliphatic rings. The molecule has 1 N–H and O–H groups in total. The molecule has 0 aromatic carbocycles. The SMILES string of the molecule is CC1CCC(O)C(N2CCn3cnnc3C2)C1. The highest BCUT2D eigenvalue weighted by molar-refractivity contribution is 4.94. The van der Waals surface area contributed by atoms with Crippen molar-refractivity contribution in [3.8, 4) is 0 Å². The smallest absolute Gasteiger partial charge is 0.147 e. The summed E-state index contributed by atoms with van der Waals surface area (Å²) in [6.45, 7) is 5.05. The van der Waals surface area contributed by atoms with Gasteiger partial charge in [-0.3, -0.25) is 4.90 Å². The van der Waals surface area contributed by atoms with E-state index in [0.29, 0.717) is 6.04 Å². The van der Waals surface area contributed by atoms with Crippen LogP contribution in [0.25, 0.3) is 0 Å². The first-order valence-electron chi connectivity index (χ1n) is 6.53. The molecule has 3 rings (SSSR count). The van der Waals surface area contributed by atoms with Crippen LogP contribution in [0.2, 0.25) is 0 Å². The summed E-state index contributed by atoms with van der Waals surface area (Å²) in [5, 5.41) is 18.2. The largest absolute Gasteiger partial charge is 0.391 e. The van der Waals surface area contributed by atoms with E-state index in [1.54, 1.807) is 6.33 Å². The first-order chi connectivity index (χ1) is 8.24. The number of hydrogen-bond acceptors (Lipinski definition) is 4. The van der Waals surface area contributed by atoms with Gasteiger partial charge in [-0.05, 0) is 25.2 Å². The first-order valence-corrected chi connectivity index (χ1v) is 6.53. The lowest BCUT2D eigenvalue weighted by Crippen LogP contribution is -2.49. The summed E-state index contributed by atoms with van der Waals surface area (Å²) in [7, 11) is 0. The lowest BCUT2D eigenvalue weighted by Gasteiger charge is -2.41. The maximum atomic E-state index is 10.2. The average molecular weight is 236 g/mol. The van der Waals surface area contributed by atoms with Crippen LogP contribution in [-0.2, 0) is 13.1 Å². The van der Waals surface area contributed by atoms with Crippen molar-refractivity contribution >= 4 is 0 Å². The molecule has 5 heteroatoms. The van der Waals surface area contributed by atoms with Crippen LogP contribution in [0.5, 0.6) is 0 Å². The van der Waals surface area contributed by atoms with Crippen LogP contribution in [0, 0.1) is 5.92 Å². The van der Waals surface area contributed by atoms with Gasteiger partial charge in [0.2, 0.25) is 0 Å². The Kier molecular flexibility index (Phi) is 2.88. The van der Waals surface area contributed by atoms with Crippen molar-refractivity contribution < 1.29 is 5.11 Å². The molecular weight excluding hydrogens is 216 g/mol. The lowest BCUT2D eigenvalue weighted by atomic mass is 9.84. The van der Waals surface area contributed by atoms with Crippen molar-refractivity contribution in [3.63, 3.8) is 0 Å². The predicted octanol–water partition coefficient (Wildman–Crippen LogP) is 0.643. The number of aromatic nitrogens is 3. The van der Waals surface area contributed by atoms with Crippen LogP contribution in [0.15, 0.2) is 6.33 Å². The normalized spacial score (nSPS) is 34.6. The molecule has 0 saturated heterocycles. The van der Waals surface area contributed by atoms with Crippen molar-refractivity contribution in [1.82, 2.24) is 19.7 Å². The molecule has 94 valence electrons. The molecule has 0 radical (unpaired) electrons. The zero-order valence-corrected chi connectivity index (χ0v) is 10.3. The van der Waals surface area contributed by atoms with Crippen molar-refractivity contribution in [2.45, 2.75) is 51.4 Å². The van der Waals surface area contributed by atoms with E-state index in [4.69, 9.17) is 0 Å². The first kappa shape index (κ1) is 11.2.